The van der Waals surface area contributed by atoms with E-state index in [2.05, 4.69) is 15.9 Å². The van der Waals surface area contributed by atoms with E-state index in [1.807, 2.05) is 0 Å². The molecular formula is C12H14BrClO3S. The standard InChI is InChI=1S/C12H14BrClO3S/c13-10-5-6-11(12(7-10)18(14,15)16)17-8-9-3-1-2-4-9/h5-7,9H,1-4,8H2. The van der Waals surface area contributed by atoms with Gasteiger partial charge in [-0.15, -0.1) is 0 Å². The highest BCUT2D eigenvalue weighted by molar-refractivity contribution is 9.10. The van der Waals surface area contributed by atoms with Gasteiger partial charge in [0, 0.05) is 15.2 Å². The molecular weight excluding hydrogens is 340 g/mol. The van der Waals surface area contributed by atoms with Gasteiger partial charge >= 0.3 is 0 Å². The van der Waals surface area contributed by atoms with E-state index in [4.69, 9.17) is 15.4 Å². The highest BCUT2D eigenvalue weighted by Crippen LogP contribution is 2.32. The Bertz CT molecular complexity index is 524. The molecule has 0 N–H and O–H groups in total. The molecule has 0 heterocycles. The zero-order chi connectivity index (χ0) is 13.2. The third-order valence-electron chi connectivity index (χ3n) is 3.12. The molecule has 1 fully saturated rings. The molecule has 100 valence electrons. The number of benzene rings is 1. The summed E-state index contributed by atoms with van der Waals surface area (Å²) in [6.07, 6.45) is 4.77. The van der Waals surface area contributed by atoms with Gasteiger partial charge in [0.25, 0.3) is 9.05 Å². The van der Waals surface area contributed by atoms with E-state index in [1.165, 1.54) is 18.9 Å². The van der Waals surface area contributed by atoms with Gasteiger partial charge in [-0.1, -0.05) is 28.8 Å². The fraction of sp³-hybridized carbons (Fsp3) is 0.500. The van der Waals surface area contributed by atoms with Crippen molar-refractivity contribution in [3.8, 4) is 5.75 Å². The van der Waals surface area contributed by atoms with Crippen LogP contribution in [0.2, 0.25) is 0 Å². The van der Waals surface area contributed by atoms with E-state index in [0.29, 0.717) is 22.7 Å². The van der Waals surface area contributed by atoms with Crippen LogP contribution in [0.1, 0.15) is 25.7 Å². The Hall–Kier alpha value is -0.260. The zero-order valence-corrected chi connectivity index (χ0v) is 12.9. The Balaban J connectivity index is 2.16. The molecule has 0 saturated heterocycles. The summed E-state index contributed by atoms with van der Waals surface area (Å²) >= 11 is 3.23. The normalized spacial score (nSPS) is 17.0. The van der Waals surface area contributed by atoms with Gasteiger partial charge in [-0.05, 0) is 37.0 Å². The summed E-state index contributed by atoms with van der Waals surface area (Å²) in [6.45, 7) is 0.557. The average Bonchev–Trinajstić information content (AvgIpc) is 2.79. The van der Waals surface area contributed by atoms with Gasteiger partial charge < -0.3 is 4.74 Å². The summed E-state index contributed by atoms with van der Waals surface area (Å²) in [7, 11) is 1.62. The van der Waals surface area contributed by atoms with Gasteiger partial charge in [-0.3, -0.25) is 0 Å². The van der Waals surface area contributed by atoms with Crippen LogP contribution < -0.4 is 4.74 Å². The lowest BCUT2D eigenvalue weighted by Gasteiger charge is -2.13. The molecule has 1 aromatic rings. The molecule has 0 unspecified atom stereocenters. The van der Waals surface area contributed by atoms with E-state index in [-0.39, 0.29) is 4.90 Å². The van der Waals surface area contributed by atoms with Crippen LogP contribution in [-0.2, 0) is 9.05 Å². The molecule has 0 aliphatic heterocycles. The molecule has 1 aromatic carbocycles. The van der Waals surface area contributed by atoms with Gasteiger partial charge in [0.2, 0.25) is 0 Å². The predicted octanol–water partition coefficient (Wildman–Crippen LogP) is 3.95. The van der Waals surface area contributed by atoms with Crippen LogP contribution in [-0.4, -0.2) is 15.0 Å². The molecule has 1 saturated carbocycles. The van der Waals surface area contributed by atoms with E-state index < -0.39 is 9.05 Å². The van der Waals surface area contributed by atoms with Crippen molar-refractivity contribution in [3.63, 3.8) is 0 Å². The fourth-order valence-electron chi connectivity index (χ4n) is 2.18. The van der Waals surface area contributed by atoms with Crippen molar-refractivity contribution in [1.29, 1.82) is 0 Å². The topological polar surface area (TPSA) is 43.4 Å². The molecule has 1 aliphatic carbocycles. The molecule has 3 nitrogen and oxygen atoms in total. The van der Waals surface area contributed by atoms with E-state index in [0.717, 1.165) is 12.8 Å². The van der Waals surface area contributed by atoms with Gasteiger partial charge in [-0.2, -0.15) is 0 Å². The highest BCUT2D eigenvalue weighted by atomic mass is 79.9. The first-order valence-electron chi connectivity index (χ1n) is 5.84. The number of hydrogen-bond donors (Lipinski definition) is 0. The smallest absolute Gasteiger partial charge is 0.265 e. The second-order valence-corrected chi connectivity index (χ2v) is 7.94. The molecule has 2 rings (SSSR count). The van der Waals surface area contributed by atoms with Crippen molar-refractivity contribution in [3.05, 3.63) is 22.7 Å². The summed E-state index contributed by atoms with van der Waals surface area (Å²) in [5.74, 6) is 0.861. The van der Waals surface area contributed by atoms with Crippen molar-refractivity contribution >= 4 is 35.7 Å². The SMILES string of the molecule is O=S(=O)(Cl)c1cc(Br)ccc1OCC1CCCC1. The lowest BCUT2D eigenvalue weighted by molar-refractivity contribution is 0.246. The van der Waals surface area contributed by atoms with E-state index >= 15 is 0 Å². The third kappa shape index (κ3) is 3.62. The van der Waals surface area contributed by atoms with Crippen LogP contribution in [0, 0.1) is 5.92 Å². The maximum absolute atomic E-state index is 11.5. The summed E-state index contributed by atoms with van der Waals surface area (Å²) in [4.78, 5) is 0.0246. The maximum atomic E-state index is 11.5. The number of halogens is 2. The Morgan fingerprint density at radius 1 is 1.33 bits per heavy atom. The molecule has 0 aromatic heterocycles. The average molecular weight is 354 g/mol. The van der Waals surface area contributed by atoms with Gasteiger partial charge in [0.15, 0.2) is 0 Å². The molecule has 1 aliphatic rings. The molecule has 0 amide bonds. The first kappa shape index (κ1) is 14.2. The maximum Gasteiger partial charge on any atom is 0.265 e. The van der Waals surface area contributed by atoms with Crippen LogP contribution in [0.15, 0.2) is 27.6 Å². The Morgan fingerprint density at radius 2 is 2.00 bits per heavy atom. The van der Waals surface area contributed by atoms with Crippen molar-refractivity contribution in [2.45, 2.75) is 30.6 Å². The molecule has 0 atom stereocenters. The van der Waals surface area contributed by atoms with Crippen molar-refractivity contribution < 1.29 is 13.2 Å². The van der Waals surface area contributed by atoms with Crippen molar-refractivity contribution in [2.75, 3.05) is 6.61 Å². The summed E-state index contributed by atoms with van der Waals surface area (Å²) in [6, 6.07) is 4.84. The van der Waals surface area contributed by atoms with Crippen LogP contribution in [0.3, 0.4) is 0 Å². The molecule has 18 heavy (non-hydrogen) atoms. The summed E-state index contributed by atoms with van der Waals surface area (Å²) in [5.41, 5.74) is 0. The first-order chi connectivity index (χ1) is 8.47. The van der Waals surface area contributed by atoms with Crippen LogP contribution >= 0.6 is 26.6 Å². The lowest BCUT2D eigenvalue weighted by Crippen LogP contribution is -2.09. The van der Waals surface area contributed by atoms with E-state index in [1.54, 1.807) is 12.1 Å². The van der Waals surface area contributed by atoms with Crippen LogP contribution in [0.4, 0.5) is 0 Å². The molecule has 6 heteroatoms. The van der Waals surface area contributed by atoms with Crippen LogP contribution in [0.25, 0.3) is 0 Å². The molecule has 0 radical (unpaired) electrons. The monoisotopic (exact) mass is 352 g/mol. The largest absolute Gasteiger partial charge is 0.492 e. The quantitative estimate of drug-likeness (QED) is 0.770. The second-order valence-electron chi connectivity index (χ2n) is 4.49. The zero-order valence-electron chi connectivity index (χ0n) is 9.73. The summed E-state index contributed by atoms with van der Waals surface area (Å²) < 4.78 is 29.2. The van der Waals surface area contributed by atoms with E-state index in [9.17, 15) is 8.42 Å². The third-order valence-corrected chi connectivity index (χ3v) is 4.95. The number of hydrogen-bond acceptors (Lipinski definition) is 3. The summed E-state index contributed by atoms with van der Waals surface area (Å²) in [5, 5.41) is 0. The predicted molar refractivity (Wildman–Crippen MR) is 74.6 cm³/mol. The minimum Gasteiger partial charge on any atom is -0.492 e. The molecule has 0 spiro atoms. The van der Waals surface area contributed by atoms with Crippen LogP contribution in [0.5, 0.6) is 5.75 Å². The van der Waals surface area contributed by atoms with Gasteiger partial charge in [0.1, 0.15) is 10.6 Å². The van der Waals surface area contributed by atoms with Crippen molar-refractivity contribution in [1.82, 2.24) is 0 Å². The minimum atomic E-state index is -3.78. The number of ether oxygens (including phenoxy) is 1. The lowest BCUT2D eigenvalue weighted by atomic mass is 10.1. The fourth-order valence-corrected chi connectivity index (χ4v) is 3.69. The second kappa shape index (κ2) is 5.80. The number of rotatable bonds is 4. The Labute approximate surface area is 120 Å². The van der Waals surface area contributed by atoms with Gasteiger partial charge in [0.05, 0.1) is 6.61 Å². The molecule has 0 bridgehead atoms. The first-order valence-corrected chi connectivity index (χ1v) is 8.94. The minimum absolute atomic E-state index is 0.0246. The Morgan fingerprint density at radius 3 is 2.61 bits per heavy atom. The Kier molecular flexibility index (Phi) is 4.56. The van der Waals surface area contributed by atoms with Crippen molar-refractivity contribution in [2.24, 2.45) is 5.92 Å². The van der Waals surface area contributed by atoms with Gasteiger partial charge in [-0.25, -0.2) is 8.42 Å². The highest BCUT2D eigenvalue weighted by Gasteiger charge is 2.20.